The average Bonchev–Trinajstić information content (AvgIpc) is 2.75. The number of benzene rings is 2. The van der Waals surface area contributed by atoms with Gasteiger partial charge in [-0.25, -0.2) is 9.79 Å². The third-order valence-corrected chi connectivity index (χ3v) is 5.11. The highest BCUT2D eigenvalue weighted by Gasteiger charge is 2.28. The zero-order valence-corrected chi connectivity index (χ0v) is 18.2. The number of Topliss-reactive ketones (excluding diaryl/α,β-unsaturated/α-hetero) is 1. The van der Waals surface area contributed by atoms with Crippen LogP contribution in [0.2, 0.25) is 0 Å². The first-order chi connectivity index (χ1) is 16.2. The van der Waals surface area contributed by atoms with Gasteiger partial charge in [0.05, 0.1) is 29.3 Å². The quantitative estimate of drug-likeness (QED) is 0.152. The number of rotatable bonds is 7. The molecule has 2 aromatic carbocycles. The molecule has 11 nitrogen and oxygen atoms in total. The maximum atomic E-state index is 12.9. The largest absolute Gasteiger partial charge is 0.489 e. The standard InChI is InChI=1S/C23H24N4O7/c24-19(29)11-13(21(30)31)10-17(28)16-4-1-5-18-20(16)33-8-2-3-12-9-14(27-23(25)26)6-7-15(12)22(32)34-18/h1,4-7,9,13H,2-3,8,10-11H2,(H2,24,29)(H,30,31)(H4,25,26,27)/t13-/m0/s1. The minimum Gasteiger partial charge on any atom is -0.489 e. The molecule has 0 spiro atoms. The van der Waals surface area contributed by atoms with Gasteiger partial charge in [0, 0.05) is 12.8 Å². The molecule has 1 heterocycles. The molecule has 1 atom stereocenters. The first-order valence-corrected chi connectivity index (χ1v) is 10.4. The number of aryl methyl sites for hydroxylation is 1. The smallest absolute Gasteiger partial charge is 0.343 e. The Morgan fingerprint density at radius 1 is 1.09 bits per heavy atom. The van der Waals surface area contributed by atoms with E-state index in [1.807, 2.05) is 0 Å². The predicted octanol–water partition coefficient (Wildman–Crippen LogP) is 1.28. The van der Waals surface area contributed by atoms with Crippen molar-refractivity contribution in [2.75, 3.05) is 6.61 Å². The van der Waals surface area contributed by atoms with Gasteiger partial charge in [0.1, 0.15) is 0 Å². The summed E-state index contributed by atoms with van der Waals surface area (Å²) >= 11 is 0. The van der Waals surface area contributed by atoms with Crippen molar-refractivity contribution in [2.45, 2.75) is 25.7 Å². The molecule has 2 aromatic rings. The number of carbonyl (C=O) groups is 4. The molecular weight excluding hydrogens is 444 g/mol. The Balaban J connectivity index is 1.93. The van der Waals surface area contributed by atoms with Gasteiger partial charge in [-0.05, 0) is 48.7 Å². The number of esters is 1. The Kier molecular flexibility index (Phi) is 7.46. The second kappa shape index (κ2) is 10.5. The Labute approximate surface area is 194 Å². The lowest BCUT2D eigenvalue weighted by molar-refractivity contribution is -0.143. The predicted molar refractivity (Wildman–Crippen MR) is 121 cm³/mol. The number of para-hydroxylation sites is 1. The van der Waals surface area contributed by atoms with Crippen molar-refractivity contribution in [2.24, 2.45) is 28.1 Å². The maximum absolute atomic E-state index is 12.9. The number of carboxylic acids is 1. The number of guanidine groups is 1. The minimum absolute atomic E-state index is 0.0128. The molecule has 0 fully saturated rings. The molecule has 1 amide bonds. The van der Waals surface area contributed by atoms with E-state index in [1.54, 1.807) is 18.2 Å². The highest BCUT2D eigenvalue weighted by molar-refractivity contribution is 6.02. The highest BCUT2D eigenvalue weighted by atomic mass is 16.6. The van der Waals surface area contributed by atoms with Gasteiger partial charge in [-0.15, -0.1) is 0 Å². The number of fused-ring (bicyclic) bond motifs is 2. The van der Waals surface area contributed by atoms with E-state index in [2.05, 4.69) is 4.99 Å². The molecule has 1 aliphatic rings. The fourth-order valence-corrected chi connectivity index (χ4v) is 3.58. The zero-order valence-electron chi connectivity index (χ0n) is 18.2. The number of nitrogens with zero attached hydrogens (tertiary/aromatic N) is 1. The molecule has 0 radical (unpaired) electrons. The van der Waals surface area contributed by atoms with Gasteiger partial charge in [0.25, 0.3) is 0 Å². The lowest BCUT2D eigenvalue weighted by Gasteiger charge is -2.19. The number of ketones is 1. The zero-order chi connectivity index (χ0) is 24.8. The number of hydrogen-bond donors (Lipinski definition) is 4. The third-order valence-electron chi connectivity index (χ3n) is 5.11. The van der Waals surface area contributed by atoms with Crippen molar-refractivity contribution in [1.82, 2.24) is 0 Å². The van der Waals surface area contributed by atoms with Crippen molar-refractivity contribution in [3.63, 3.8) is 0 Å². The first-order valence-electron chi connectivity index (χ1n) is 10.4. The van der Waals surface area contributed by atoms with Crippen LogP contribution in [0.3, 0.4) is 0 Å². The normalized spacial score (nSPS) is 13.8. The van der Waals surface area contributed by atoms with Crippen LogP contribution in [-0.4, -0.2) is 41.3 Å². The maximum Gasteiger partial charge on any atom is 0.343 e. The molecular formula is C23H24N4O7. The van der Waals surface area contributed by atoms with Gasteiger partial charge in [0.2, 0.25) is 5.91 Å². The SMILES string of the molecule is NC(=O)C[C@H](CC(=O)c1cccc2c1OCCCc1cc(N=C(N)N)ccc1C(=O)O2)C(=O)O. The van der Waals surface area contributed by atoms with Crippen LogP contribution >= 0.6 is 0 Å². The van der Waals surface area contributed by atoms with E-state index in [-0.39, 0.29) is 29.6 Å². The number of aliphatic imine (C=N–C) groups is 1. The Bertz CT molecular complexity index is 1170. The van der Waals surface area contributed by atoms with Crippen molar-refractivity contribution in [3.8, 4) is 11.5 Å². The average molecular weight is 468 g/mol. The number of amides is 1. The van der Waals surface area contributed by atoms with E-state index in [4.69, 9.17) is 26.7 Å². The first kappa shape index (κ1) is 24.2. The molecule has 0 saturated heterocycles. The summed E-state index contributed by atoms with van der Waals surface area (Å²) in [5.41, 5.74) is 17.5. The summed E-state index contributed by atoms with van der Waals surface area (Å²) in [4.78, 5) is 52.4. The van der Waals surface area contributed by atoms with Crippen LogP contribution in [-0.2, 0) is 16.0 Å². The van der Waals surface area contributed by atoms with Crippen LogP contribution < -0.4 is 26.7 Å². The molecule has 178 valence electrons. The molecule has 11 heteroatoms. The van der Waals surface area contributed by atoms with Crippen molar-refractivity contribution < 1.29 is 33.8 Å². The summed E-state index contributed by atoms with van der Waals surface area (Å²) in [6.07, 6.45) is -0.0106. The number of ether oxygens (including phenoxy) is 2. The fraction of sp³-hybridized carbons (Fsp3) is 0.261. The number of primary amides is 1. The molecule has 3 rings (SSSR count). The molecule has 0 aromatic heterocycles. The van der Waals surface area contributed by atoms with Crippen LogP contribution in [0, 0.1) is 5.92 Å². The second-order valence-corrected chi connectivity index (χ2v) is 7.69. The number of carbonyl (C=O) groups excluding carboxylic acids is 3. The van der Waals surface area contributed by atoms with E-state index >= 15 is 0 Å². The van der Waals surface area contributed by atoms with Crippen molar-refractivity contribution >= 4 is 35.3 Å². The number of aliphatic carboxylic acids is 1. The van der Waals surface area contributed by atoms with Gasteiger partial charge >= 0.3 is 11.9 Å². The highest BCUT2D eigenvalue weighted by Crippen LogP contribution is 2.35. The Morgan fingerprint density at radius 3 is 2.53 bits per heavy atom. The van der Waals surface area contributed by atoms with Gasteiger partial charge < -0.3 is 31.8 Å². The van der Waals surface area contributed by atoms with Crippen LogP contribution in [0.1, 0.15) is 45.5 Å². The number of hydrogen-bond acceptors (Lipinski definition) is 7. The van der Waals surface area contributed by atoms with E-state index in [9.17, 15) is 24.3 Å². The van der Waals surface area contributed by atoms with Gasteiger partial charge in [-0.1, -0.05) is 6.07 Å². The Morgan fingerprint density at radius 2 is 1.85 bits per heavy atom. The summed E-state index contributed by atoms with van der Waals surface area (Å²) in [5, 5.41) is 9.32. The summed E-state index contributed by atoms with van der Waals surface area (Å²) in [6, 6.07) is 9.22. The topological polar surface area (TPSA) is 197 Å². The molecule has 0 aliphatic carbocycles. The number of carboxylic acid groups (broad SMARTS) is 1. The van der Waals surface area contributed by atoms with Crippen LogP contribution in [0.25, 0.3) is 0 Å². The van der Waals surface area contributed by atoms with E-state index in [1.165, 1.54) is 18.2 Å². The summed E-state index contributed by atoms with van der Waals surface area (Å²) < 4.78 is 11.3. The van der Waals surface area contributed by atoms with E-state index in [0.29, 0.717) is 29.7 Å². The number of nitrogens with two attached hydrogens (primary N) is 3. The fourth-order valence-electron chi connectivity index (χ4n) is 3.58. The lowest BCUT2D eigenvalue weighted by Crippen LogP contribution is -2.25. The third kappa shape index (κ3) is 5.88. The monoisotopic (exact) mass is 468 g/mol. The van der Waals surface area contributed by atoms with Gasteiger partial charge in [0.15, 0.2) is 23.2 Å². The molecule has 0 saturated carbocycles. The van der Waals surface area contributed by atoms with Crippen LogP contribution in [0.15, 0.2) is 41.4 Å². The van der Waals surface area contributed by atoms with Crippen LogP contribution in [0.5, 0.6) is 11.5 Å². The lowest BCUT2D eigenvalue weighted by atomic mass is 9.94. The molecule has 7 N–H and O–H groups in total. The van der Waals surface area contributed by atoms with E-state index in [0.717, 1.165) is 0 Å². The summed E-state index contributed by atoms with van der Waals surface area (Å²) in [6.45, 7) is 0.185. The summed E-state index contributed by atoms with van der Waals surface area (Å²) in [5.74, 6) is -4.75. The van der Waals surface area contributed by atoms with Gasteiger partial charge in [-0.2, -0.15) is 0 Å². The van der Waals surface area contributed by atoms with Gasteiger partial charge in [-0.3, -0.25) is 14.4 Å². The summed E-state index contributed by atoms with van der Waals surface area (Å²) in [7, 11) is 0. The van der Waals surface area contributed by atoms with Crippen LogP contribution in [0.4, 0.5) is 5.69 Å². The second-order valence-electron chi connectivity index (χ2n) is 7.69. The molecule has 34 heavy (non-hydrogen) atoms. The van der Waals surface area contributed by atoms with Crippen molar-refractivity contribution in [1.29, 1.82) is 0 Å². The van der Waals surface area contributed by atoms with Crippen molar-refractivity contribution in [3.05, 3.63) is 53.1 Å². The molecule has 1 aliphatic heterocycles. The molecule has 0 bridgehead atoms. The minimum atomic E-state index is -1.32. The Hall–Kier alpha value is -4.41. The van der Waals surface area contributed by atoms with E-state index < -0.39 is 42.4 Å². The molecule has 0 unspecified atom stereocenters.